The van der Waals surface area contributed by atoms with Crippen molar-refractivity contribution in [1.29, 1.82) is 0 Å². The summed E-state index contributed by atoms with van der Waals surface area (Å²) in [5.41, 5.74) is 12.6. The molecular weight excluding hydrogens is 1040 g/mol. The number of nitrogens with zero attached hydrogens (tertiary/aromatic N) is 4. The predicted molar refractivity (Wildman–Crippen MR) is 282 cm³/mol. The summed E-state index contributed by atoms with van der Waals surface area (Å²) >= 11 is 0. The molecule has 0 amide bonds. The fourth-order valence-electron chi connectivity index (χ4n) is 9.50. The van der Waals surface area contributed by atoms with Crippen LogP contribution in [0.15, 0.2) is 182 Å². The van der Waals surface area contributed by atoms with Gasteiger partial charge < -0.3 is 13.9 Å². The van der Waals surface area contributed by atoms with Crippen LogP contribution in [0.2, 0.25) is 0 Å². The zero-order valence-electron chi connectivity index (χ0n) is 41.8. The summed E-state index contributed by atoms with van der Waals surface area (Å²) in [4.78, 5) is 4.93. The summed E-state index contributed by atoms with van der Waals surface area (Å²) in [7, 11) is 0. The Morgan fingerprint density at radius 3 is 1.80 bits per heavy atom. The van der Waals surface area contributed by atoms with E-state index in [-0.39, 0.29) is 37.3 Å². The number of rotatable bonds is 10. The van der Waals surface area contributed by atoms with E-state index in [0.29, 0.717) is 11.5 Å². The zero-order valence-corrected chi connectivity index (χ0v) is 44.1. The predicted octanol–water partition coefficient (Wildman–Crippen LogP) is 15.4. The van der Waals surface area contributed by atoms with E-state index in [1.54, 1.807) is 0 Å². The maximum Gasteiger partial charge on any atom is 0.267 e. The second-order valence-corrected chi connectivity index (χ2v) is 21.5. The largest absolute Gasteiger partial charge is 0.510 e. The molecule has 0 aliphatic carbocycles. The molecule has 0 fully saturated rings. The molecule has 354 valence electrons. The van der Waals surface area contributed by atoms with Crippen LogP contribution in [0.5, 0.6) is 11.5 Å². The van der Waals surface area contributed by atoms with Crippen molar-refractivity contribution in [2.75, 3.05) is 0 Å². The minimum absolute atomic E-state index is 0. The van der Waals surface area contributed by atoms with Crippen LogP contribution < -0.4 is 9.30 Å². The van der Waals surface area contributed by atoms with Crippen LogP contribution in [-0.2, 0) is 42.7 Å². The Morgan fingerprint density at radius 1 is 0.500 bits per heavy atom. The Morgan fingerprint density at radius 2 is 1.13 bits per heavy atom. The first-order valence-electron chi connectivity index (χ1n) is 24.0. The molecular formula is C64H60N4OPt-2. The molecule has 7 aromatic carbocycles. The normalized spacial score (nSPS) is 12.3. The maximum atomic E-state index is 6.73. The Labute approximate surface area is 428 Å². The van der Waals surface area contributed by atoms with Crippen LogP contribution in [0.1, 0.15) is 103 Å². The molecule has 0 aliphatic rings. The van der Waals surface area contributed by atoms with E-state index in [4.69, 9.17) is 9.72 Å². The van der Waals surface area contributed by atoms with Crippen molar-refractivity contribution in [2.45, 2.75) is 90.9 Å². The standard InChI is InChI=1S/C64H60N4O.Pt/c1-61(2,3)48-29-32-57-56(38-48)55-31-30-54(41-58(55)68(57)60-39-49(33-34-65-60)62(4,5)6)69-53-28-20-27-51(40-53)66-42-59(64(9,10)47-25-18-13-19-26-47)67(43-66)52-36-45(44-21-14-11-15-22-44)35-50(37-52)63(7,8)46-23-16-12-17-24-46;/h11-39,42H,1-10H3;/q-2;. The van der Waals surface area contributed by atoms with Gasteiger partial charge in [-0.2, -0.15) is 18.2 Å². The second kappa shape index (κ2) is 18.5. The quantitative estimate of drug-likeness (QED) is 0.101. The van der Waals surface area contributed by atoms with Crippen molar-refractivity contribution < 1.29 is 30.4 Å². The van der Waals surface area contributed by atoms with Gasteiger partial charge in [-0.25, -0.2) is 4.98 Å². The van der Waals surface area contributed by atoms with E-state index >= 15 is 0 Å². The molecule has 3 aromatic heterocycles. The fraction of sp³-hybridized carbons (Fsp3) is 0.219. The minimum atomic E-state index is -0.410. The van der Waals surface area contributed by atoms with Crippen LogP contribution >= 0.6 is 0 Å². The third-order valence-electron chi connectivity index (χ3n) is 13.9. The van der Waals surface area contributed by atoms with Crippen molar-refractivity contribution in [3.05, 3.63) is 234 Å². The van der Waals surface area contributed by atoms with Gasteiger partial charge in [0.2, 0.25) is 0 Å². The van der Waals surface area contributed by atoms with Crippen molar-refractivity contribution >= 4 is 21.8 Å². The third kappa shape index (κ3) is 9.20. The first kappa shape index (κ1) is 48.2. The molecule has 0 N–H and O–H groups in total. The average Bonchev–Trinajstić information content (AvgIpc) is 3.95. The molecule has 5 nitrogen and oxygen atoms in total. The molecule has 0 unspecified atom stereocenters. The molecule has 0 spiro atoms. The van der Waals surface area contributed by atoms with Crippen LogP contribution in [0.25, 0.3) is 50.1 Å². The minimum Gasteiger partial charge on any atom is -0.510 e. The second-order valence-electron chi connectivity index (χ2n) is 21.5. The third-order valence-corrected chi connectivity index (χ3v) is 13.9. The van der Waals surface area contributed by atoms with Crippen LogP contribution in [0, 0.1) is 18.5 Å². The van der Waals surface area contributed by atoms with Crippen molar-refractivity contribution in [3.63, 3.8) is 0 Å². The number of hydrogen-bond acceptors (Lipinski definition) is 2. The number of hydrogen-bond donors (Lipinski definition) is 0. The monoisotopic (exact) mass is 1100 g/mol. The van der Waals surface area contributed by atoms with E-state index in [2.05, 4.69) is 259 Å². The summed E-state index contributed by atoms with van der Waals surface area (Å²) in [6, 6.07) is 67.7. The van der Waals surface area contributed by atoms with E-state index in [1.807, 2.05) is 24.4 Å². The summed E-state index contributed by atoms with van der Waals surface area (Å²) in [6.07, 6.45) is 7.91. The fourth-order valence-corrected chi connectivity index (χ4v) is 9.50. The molecule has 0 atom stereocenters. The molecule has 0 radical (unpaired) electrons. The Kier molecular flexibility index (Phi) is 12.7. The van der Waals surface area contributed by atoms with E-state index in [1.165, 1.54) is 27.8 Å². The molecule has 10 rings (SSSR count). The molecule has 0 bridgehead atoms. The van der Waals surface area contributed by atoms with Gasteiger partial charge in [-0.1, -0.05) is 184 Å². The Hall–Kier alpha value is -6.81. The molecule has 10 aromatic rings. The number of fused-ring (bicyclic) bond motifs is 3. The first-order chi connectivity index (χ1) is 32.9. The number of pyridine rings is 1. The van der Waals surface area contributed by atoms with Gasteiger partial charge in [0.15, 0.2) is 0 Å². The van der Waals surface area contributed by atoms with E-state index in [9.17, 15) is 0 Å². The van der Waals surface area contributed by atoms with Crippen molar-refractivity contribution in [3.8, 4) is 39.8 Å². The zero-order chi connectivity index (χ0) is 48.3. The molecule has 6 heteroatoms. The van der Waals surface area contributed by atoms with Crippen LogP contribution in [0.3, 0.4) is 0 Å². The van der Waals surface area contributed by atoms with Gasteiger partial charge in [0.1, 0.15) is 5.82 Å². The van der Waals surface area contributed by atoms with Gasteiger partial charge in [-0.05, 0) is 91.2 Å². The Balaban J connectivity index is 0.00000608. The number of benzene rings is 7. The van der Waals surface area contributed by atoms with Gasteiger partial charge in [0.25, 0.3) is 6.33 Å². The Bertz CT molecular complexity index is 3480. The number of ether oxygens (including phenoxy) is 1. The van der Waals surface area contributed by atoms with Crippen LogP contribution in [0.4, 0.5) is 0 Å². The number of aromatic nitrogens is 4. The smallest absolute Gasteiger partial charge is 0.267 e. The van der Waals surface area contributed by atoms with E-state index in [0.717, 1.165) is 55.8 Å². The van der Waals surface area contributed by atoms with Gasteiger partial charge in [-0.3, -0.25) is 4.57 Å². The molecule has 3 heterocycles. The molecule has 0 saturated carbocycles. The van der Waals surface area contributed by atoms with Gasteiger partial charge >= 0.3 is 0 Å². The average molecular weight is 1100 g/mol. The first-order valence-corrected chi connectivity index (χ1v) is 24.0. The summed E-state index contributed by atoms with van der Waals surface area (Å²) in [6.45, 7) is 22.7. The van der Waals surface area contributed by atoms with Gasteiger partial charge in [0.05, 0.1) is 11.4 Å². The van der Waals surface area contributed by atoms with Gasteiger partial charge in [-0.15, -0.1) is 29.7 Å². The van der Waals surface area contributed by atoms with E-state index < -0.39 is 5.41 Å². The molecule has 0 saturated heterocycles. The maximum absolute atomic E-state index is 6.73. The number of imidazole rings is 1. The van der Waals surface area contributed by atoms with Crippen molar-refractivity contribution in [2.24, 2.45) is 0 Å². The van der Waals surface area contributed by atoms with Gasteiger partial charge in [0, 0.05) is 61.3 Å². The molecule has 0 aliphatic heterocycles. The summed E-state index contributed by atoms with van der Waals surface area (Å²) in [5, 5.41) is 2.25. The van der Waals surface area contributed by atoms with Crippen LogP contribution in [-0.4, -0.2) is 14.1 Å². The summed E-state index contributed by atoms with van der Waals surface area (Å²) in [5.74, 6) is 2.01. The van der Waals surface area contributed by atoms with Crippen molar-refractivity contribution in [1.82, 2.24) is 14.1 Å². The molecule has 70 heavy (non-hydrogen) atoms. The SMILES string of the molecule is CC(C)(C)c1ccnc(-n2c3[c-]c(Oc4[c-]c(-n5[c-][n+](-c6cc(-c7ccccc7)cc(C(C)(C)c7ccccc7)c6)c(C(C)(C)c6ccccc6)c5)ccc4)ccc3c3cc(C(C)(C)C)ccc32)c1.[Pt]. The topological polar surface area (TPSA) is 35.9 Å². The summed E-state index contributed by atoms with van der Waals surface area (Å²) < 4.78 is 13.2.